The van der Waals surface area contributed by atoms with Crippen molar-refractivity contribution in [2.24, 2.45) is 28.6 Å². The average molecular weight is 408 g/mol. The van der Waals surface area contributed by atoms with Crippen LogP contribution in [0.3, 0.4) is 0 Å². The highest BCUT2D eigenvalue weighted by Gasteiger charge is 2.76. The smallest absolute Gasteiger partial charge is 0.303 e. The van der Waals surface area contributed by atoms with Gasteiger partial charge in [-0.1, -0.05) is 19.9 Å². The summed E-state index contributed by atoms with van der Waals surface area (Å²) in [5.74, 6) is -0.599. The molecule has 29 heavy (non-hydrogen) atoms. The summed E-state index contributed by atoms with van der Waals surface area (Å²) >= 11 is 0. The zero-order valence-electron chi connectivity index (χ0n) is 17.8. The van der Waals surface area contributed by atoms with Crippen molar-refractivity contribution < 1.29 is 34.0 Å². The molecule has 0 amide bonds. The molecule has 3 saturated carbocycles. The number of rotatable bonds is 4. The number of esters is 1. The van der Waals surface area contributed by atoms with E-state index >= 15 is 0 Å². The lowest BCUT2D eigenvalue weighted by atomic mass is 9.63. The Hall–Kier alpha value is -1.28. The van der Waals surface area contributed by atoms with Crippen LogP contribution >= 0.6 is 0 Å². The minimum absolute atomic E-state index is 0.00295. The average Bonchev–Trinajstić information content (AvgIpc) is 3.14. The predicted molar refractivity (Wildman–Crippen MR) is 103 cm³/mol. The van der Waals surface area contributed by atoms with E-state index in [-0.39, 0.29) is 23.5 Å². The molecule has 0 aromatic heterocycles. The van der Waals surface area contributed by atoms with E-state index in [4.69, 9.17) is 14.2 Å². The molecular weight excluding hydrogens is 376 g/mol. The molecule has 0 unspecified atom stereocenters. The maximum Gasteiger partial charge on any atom is 0.303 e. The molecule has 0 aromatic rings. The predicted octanol–water partition coefficient (Wildman–Crippen LogP) is 1.60. The van der Waals surface area contributed by atoms with Gasteiger partial charge in [-0.3, -0.25) is 9.59 Å². The molecule has 0 radical (unpaired) electrons. The van der Waals surface area contributed by atoms with Crippen LogP contribution in [0.15, 0.2) is 11.6 Å². The van der Waals surface area contributed by atoms with E-state index in [0.717, 1.165) is 12.0 Å². The van der Waals surface area contributed by atoms with E-state index in [0.29, 0.717) is 12.3 Å². The molecule has 0 aliphatic heterocycles. The van der Waals surface area contributed by atoms with E-state index in [2.05, 4.69) is 13.8 Å². The van der Waals surface area contributed by atoms with Crippen LogP contribution in [-0.2, 0) is 23.8 Å². The second-order valence-electron chi connectivity index (χ2n) is 9.82. The molecule has 4 rings (SSSR count). The summed E-state index contributed by atoms with van der Waals surface area (Å²) in [6, 6.07) is 0. The van der Waals surface area contributed by atoms with Gasteiger partial charge in [-0.15, -0.1) is 0 Å². The van der Waals surface area contributed by atoms with Crippen molar-refractivity contribution in [2.45, 2.75) is 70.9 Å². The fourth-order valence-corrected chi connectivity index (χ4v) is 7.16. The molecule has 2 bridgehead atoms. The van der Waals surface area contributed by atoms with E-state index in [1.54, 1.807) is 0 Å². The van der Waals surface area contributed by atoms with Crippen molar-refractivity contribution in [3.8, 4) is 0 Å². The molecule has 1 spiro atoms. The van der Waals surface area contributed by atoms with Gasteiger partial charge in [0.15, 0.2) is 17.5 Å². The zero-order chi connectivity index (χ0) is 21.4. The Morgan fingerprint density at radius 1 is 1.34 bits per heavy atom. The van der Waals surface area contributed by atoms with Gasteiger partial charge in [0, 0.05) is 26.4 Å². The quantitative estimate of drug-likeness (QED) is 0.414. The normalized spacial score (nSPS) is 47.4. The van der Waals surface area contributed by atoms with Gasteiger partial charge in [0.25, 0.3) is 0 Å². The Morgan fingerprint density at radius 3 is 2.62 bits per heavy atom. The van der Waals surface area contributed by atoms with E-state index < -0.39 is 48.0 Å². The third-order valence-electron chi connectivity index (χ3n) is 8.34. The minimum atomic E-state index is -1.32. The molecule has 8 atom stereocenters. The number of aliphatic hydroxyl groups is 2. The summed E-state index contributed by atoms with van der Waals surface area (Å²) < 4.78 is 17.5. The lowest BCUT2D eigenvalue weighted by Gasteiger charge is -2.49. The number of carbonyl (C=O) groups is 2. The van der Waals surface area contributed by atoms with Gasteiger partial charge >= 0.3 is 5.97 Å². The first-order valence-corrected chi connectivity index (χ1v) is 10.4. The van der Waals surface area contributed by atoms with Crippen LogP contribution in [0.25, 0.3) is 0 Å². The summed E-state index contributed by atoms with van der Waals surface area (Å²) in [4.78, 5) is 26.1. The van der Waals surface area contributed by atoms with Crippen LogP contribution in [-0.4, -0.2) is 59.8 Å². The zero-order valence-corrected chi connectivity index (χ0v) is 17.8. The molecule has 0 saturated heterocycles. The Morgan fingerprint density at radius 2 is 2.03 bits per heavy atom. The van der Waals surface area contributed by atoms with Crippen LogP contribution in [0.4, 0.5) is 0 Å². The highest BCUT2D eigenvalue weighted by Crippen LogP contribution is 2.71. The van der Waals surface area contributed by atoms with Crippen molar-refractivity contribution in [2.75, 3.05) is 13.9 Å². The molecular formula is C22H32O7. The first-order chi connectivity index (χ1) is 13.6. The van der Waals surface area contributed by atoms with Crippen molar-refractivity contribution in [3.05, 3.63) is 11.6 Å². The number of carbonyl (C=O) groups excluding carboxylic acids is 2. The Kier molecular flexibility index (Phi) is 4.78. The van der Waals surface area contributed by atoms with E-state index in [1.165, 1.54) is 14.0 Å². The molecule has 0 heterocycles. The van der Waals surface area contributed by atoms with Crippen LogP contribution < -0.4 is 0 Å². The summed E-state index contributed by atoms with van der Waals surface area (Å²) in [6.45, 7) is 6.90. The monoisotopic (exact) mass is 408 g/mol. The minimum Gasteiger partial charge on any atom is -0.455 e. The summed E-state index contributed by atoms with van der Waals surface area (Å²) in [5, 5.41) is 20.7. The summed E-state index contributed by atoms with van der Waals surface area (Å²) in [5.41, 5.74) is -1.65. The number of methoxy groups -OCH3 is 1. The second kappa shape index (κ2) is 6.61. The fraction of sp³-hybridized carbons (Fsp3) is 0.818. The number of hydrogen-bond donors (Lipinski definition) is 2. The number of ether oxygens (including phenoxy) is 3. The van der Waals surface area contributed by atoms with Gasteiger partial charge in [-0.05, 0) is 42.6 Å². The third-order valence-corrected chi connectivity index (χ3v) is 8.34. The standard InChI is InChI=1S/C22H32O7/c1-11-9-21-7-6-13-17(20(13,3)4)16(18(21)26)14(25)8-15(28-10-23)22(21,27-5)19(11)29-12(2)24/h9,13-17,19,23,25H,6-8,10H2,1-5H3/t13-,14-,15-,16+,17-,19+,21-,22+/m1/s1. The number of fused-ring (bicyclic) bond motifs is 3. The molecule has 0 aromatic carbocycles. The number of aliphatic hydroxyl groups excluding tert-OH is 2. The largest absolute Gasteiger partial charge is 0.455 e. The van der Waals surface area contributed by atoms with Crippen molar-refractivity contribution >= 4 is 11.8 Å². The van der Waals surface area contributed by atoms with Gasteiger partial charge in [0.2, 0.25) is 0 Å². The van der Waals surface area contributed by atoms with Gasteiger partial charge in [-0.2, -0.15) is 0 Å². The Balaban J connectivity index is 1.92. The van der Waals surface area contributed by atoms with E-state index in [1.807, 2.05) is 13.0 Å². The Labute approximate surface area is 171 Å². The maximum atomic E-state index is 14.1. The van der Waals surface area contributed by atoms with E-state index in [9.17, 15) is 19.8 Å². The molecule has 7 heteroatoms. The fourth-order valence-electron chi connectivity index (χ4n) is 7.16. The second-order valence-corrected chi connectivity index (χ2v) is 9.82. The Bertz CT molecular complexity index is 758. The number of hydrogen-bond acceptors (Lipinski definition) is 7. The van der Waals surface area contributed by atoms with Crippen LogP contribution in [0.2, 0.25) is 0 Å². The summed E-state index contributed by atoms with van der Waals surface area (Å²) in [6.07, 6.45) is 0.839. The molecule has 4 aliphatic rings. The first-order valence-electron chi connectivity index (χ1n) is 10.4. The molecule has 162 valence electrons. The topological polar surface area (TPSA) is 102 Å². The SMILES string of the molecule is CO[C@]12[C@H](OCO)C[C@@H](O)[C@@H]3C(=O)[C@]1(C=C(C)[C@@H]2OC(C)=O)CC[C@@H]1[C@H]3C1(C)C. The third kappa shape index (κ3) is 2.51. The summed E-state index contributed by atoms with van der Waals surface area (Å²) in [7, 11) is 1.49. The van der Waals surface area contributed by atoms with Crippen molar-refractivity contribution in [1.29, 1.82) is 0 Å². The number of ketones is 1. The van der Waals surface area contributed by atoms with Crippen molar-refractivity contribution in [1.82, 2.24) is 0 Å². The highest BCUT2D eigenvalue weighted by atomic mass is 16.6. The lowest BCUT2D eigenvalue weighted by molar-refractivity contribution is -0.234. The molecule has 3 fully saturated rings. The highest BCUT2D eigenvalue weighted by molar-refractivity contribution is 5.94. The van der Waals surface area contributed by atoms with Crippen LogP contribution in [0.5, 0.6) is 0 Å². The first kappa shape index (κ1) is 21.0. The van der Waals surface area contributed by atoms with Crippen LogP contribution in [0, 0.1) is 28.6 Å². The van der Waals surface area contributed by atoms with Gasteiger partial charge in [-0.25, -0.2) is 0 Å². The van der Waals surface area contributed by atoms with Gasteiger partial charge in [0.05, 0.1) is 17.6 Å². The number of Topliss-reactive ketones (excluding diaryl/α,β-unsaturated/α-hetero) is 1. The lowest BCUT2D eigenvalue weighted by Crippen LogP contribution is -2.64. The van der Waals surface area contributed by atoms with Crippen LogP contribution in [0.1, 0.15) is 47.0 Å². The molecule has 4 aliphatic carbocycles. The molecule has 2 N–H and O–H groups in total. The van der Waals surface area contributed by atoms with Gasteiger partial charge in [0.1, 0.15) is 6.79 Å². The molecule has 7 nitrogen and oxygen atoms in total. The van der Waals surface area contributed by atoms with Gasteiger partial charge < -0.3 is 24.4 Å². The maximum absolute atomic E-state index is 14.1. The van der Waals surface area contributed by atoms with Crippen molar-refractivity contribution in [3.63, 3.8) is 0 Å².